The molecule has 1 fully saturated rings. The van der Waals surface area contributed by atoms with Gasteiger partial charge in [-0.1, -0.05) is 24.3 Å². The van der Waals surface area contributed by atoms with E-state index in [0.717, 1.165) is 27.5 Å². The Kier molecular flexibility index (Phi) is 4.55. The quantitative estimate of drug-likeness (QED) is 0.700. The fourth-order valence-electron chi connectivity index (χ4n) is 3.35. The Balaban J connectivity index is 1.86. The zero-order valence-electron chi connectivity index (χ0n) is 16.2. The molecule has 2 aromatic carbocycles. The van der Waals surface area contributed by atoms with E-state index in [4.69, 9.17) is 4.74 Å². The Morgan fingerprint density at radius 1 is 1.19 bits per heavy atom. The maximum absolute atomic E-state index is 12.9. The molecule has 142 valence electrons. The predicted molar refractivity (Wildman–Crippen MR) is 110 cm³/mol. The third-order valence-electron chi connectivity index (χ3n) is 4.96. The van der Waals surface area contributed by atoms with Crippen LogP contribution >= 0.6 is 0 Å². The van der Waals surface area contributed by atoms with E-state index in [0.29, 0.717) is 13.2 Å². The average Bonchev–Trinajstić information content (AvgIpc) is 3.02. The normalized spacial score (nSPS) is 17.7. The van der Waals surface area contributed by atoms with Crippen LogP contribution in [0.2, 0.25) is 0 Å². The predicted octanol–water partition coefficient (Wildman–Crippen LogP) is 3.52. The summed E-state index contributed by atoms with van der Waals surface area (Å²) in [4.78, 5) is 0. The molecule has 27 heavy (non-hydrogen) atoms. The number of nitrogens with zero attached hydrogens (tertiary/aromatic N) is 2. The Labute approximate surface area is 163 Å². The van der Waals surface area contributed by atoms with Crippen LogP contribution in [0.1, 0.15) is 26.3 Å². The molecule has 5 nitrogen and oxygen atoms in total. The fraction of sp³-hybridized carbons (Fsp3) is 0.381. The van der Waals surface area contributed by atoms with E-state index in [1.807, 2.05) is 52.3 Å². The number of aromatic nitrogens is 2. The highest BCUT2D eigenvalue weighted by atomic mass is 32.2. The van der Waals surface area contributed by atoms with Crippen LogP contribution in [0, 0.1) is 0 Å². The second-order valence-electron chi connectivity index (χ2n) is 8.21. The van der Waals surface area contributed by atoms with Gasteiger partial charge in [-0.25, -0.2) is 0 Å². The van der Waals surface area contributed by atoms with E-state index in [-0.39, 0.29) is 4.75 Å². The number of hydrogen-bond acceptors (Lipinski definition) is 4. The SMILES string of the molecule is Cn1cc(-c2cc(C3(N[S+]([O-])C(C)(C)C)COC3)c3ccccc3c2)cn1. The van der Waals surface area contributed by atoms with E-state index in [1.54, 1.807) is 4.68 Å². The number of nitrogens with one attached hydrogen (secondary N) is 1. The lowest BCUT2D eigenvalue weighted by atomic mass is 9.83. The highest BCUT2D eigenvalue weighted by Crippen LogP contribution is 2.39. The van der Waals surface area contributed by atoms with Crippen LogP contribution in [0.3, 0.4) is 0 Å². The summed E-state index contributed by atoms with van der Waals surface area (Å²) in [6.45, 7) is 6.96. The number of aryl methyl sites for hydroxylation is 1. The second kappa shape index (κ2) is 6.63. The first kappa shape index (κ1) is 18.5. The molecule has 2 heterocycles. The van der Waals surface area contributed by atoms with Gasteiger partial charge in [0.2, 0.25) is 0 Å². The van der Waals surface area contributed by atoms with Gasteiger partial charge in [0.25, 0.3) is 0 Å². The van der Waals surface area contributed by atoms with Crippen LogP contribution in [0.15, 0.2) is 48.8 Å². The zero-order valence-corrected chi connectivity index (χ0v) is 17.0. The molecule has 1 atom stereocenters. The lowest BCUT2D eigenvalue weighted by molar-refractivity contribution is -0.0658. The average molecular weight is 384 g/mol. The monoisotopic (exact) mass is 383 g/mol. The van der Waals surface area contributed by atoms with E-state index in [9.17, 15) is 4.55 Å². The van der Waals surface area contributed by atoms with Gasteiger partial charge in [-0.05, 0) is 54.8 Å². The van der Waals surface area contributed by atoms with Crippen molar-refractivity contribution in [3.8, 4) is 11.1 Å². The maximum atomic E-state index is 12.9. The second-order valence-corrected chi connectivity index (χ2v) is 10.2. The number of hydrogen-bond donors (Lipinski definition) is 1. The largest absolute Gasteiger partial charge is 0.598 e. The highest BCUT2D eigenvalue weighted by Gasteiger charge is 2.47. The summed E-state index contributed by atoms with van der Waals surface area (Å²) in [7, 11) is 1.92. The Hall–Kier alpha value is -1.86. The van der Waals surface area contributed by atoms with Gasteiger partial charge in [0, 0.05) is 30.2 Å². The van der Waals surface area contributed by atoms with Crippen molar-refractivity contribution in [2.75, 3.05) is 13.2 Å². The van der Waals surface area contributed by atoms with Gasteiger partial charge >= 0.3 is 0 Å². The summed E-state index contributed by atoms with van der Waals surface area (Å²) in [6.07, 6.45) is 3.89. The van der Waals surface area contributed by atoms with E-state index >= 15 is 0 Å². The molecule has 0 amide bonds. The van der Waals surface area contributed by atoms with Crippen LogP contribution in [-0.4, -0.2) is 32.3 Å². The number of ether oxygens (including phenoxy) is 1. The van der Waals surface area contributed by atoms with E-state index < -0.39 is 16.9 Å². The van der Waals surface area contributed by atoms with Gasteiger partial charge in [-0.2, -0.15) is 5.10 Å². The van der Waals surface area contributed by atoms with Crippen molar-refractivity contribution >= 4 is 22.1 Å². The molecule has 4 rings (SSSR count). The van der Waals surface area contributed by atoms with Gasteiger partial charge in [0.05, 0.1) is 19.4 Å². The molecule has 0 radical (unpaired) electrons. The molecule has 0 spiro atoms. The first-order valence-electron chi connectivity index (χ1n) is 9.08. The summed E-state index contributed by atoms with van der Waals surface area (Å²) in [6, 6.07) is 12.7. The Morgan fingerprint density at radius 3 is 2.52 bits per heavy atom. The van der Waals surface area contributed by atoms with Crippen molar-refractivity contribution in [3.63, 3.8) is 0 Å². The smallest absolute Gasteiger partial charge is 0.136 e. The molecule has 1 N–H and O–H groups in total. The van der Waals surface area contributed by atoms with Gasteiger partial charge in [0.15, 0.2) is 0 Å². The first-order valence-corrected chi connectivity index (χ1v) is 10.2. The number of rotatable bonds is 4. The van der Waals surface area contributed by atoms with Crippen molar-refractivity contribution in [2.45, 2.75) is 31.1 Å². The molecule has 1 unspecified atom stereocenters. The summed E-state index contributed by atoms with van der Waals surface area (Å²) in [5.41, 5.74) is 2.85. The van der Waals surface area contributed by atoms with E-state index in [1.165, 1.54) is 0 Å². The number of benzene rings is 2. The van der Waals surface area contributed by atoms with Gasteiger partial charge in [-0.3, -0.25) is 4.68 Å². The molecule has 1 saturated heterocycles. The summed E-state index contributed by atoms with van der Waals surface area (Å²) >= 11 is -1.19. The molecule has 3 aromatic rings. The third-order valence-corrected chi connectivity index (χ3v) is 6.65. The maximum Gasteiger partial charge on any atom is 0.136 e. The first-order chi connectivity index (χ1) is 12.8. The van der Waals surface area contributed by atoms with Crippen molar-refractivity contribution in [2.24, 2.45) is 7.05 Å². The van der Waals surface area contributed by atoms with E-state index in [2.05, 4.69) is 34.1 Å². The third kappa shape index (κ3) is 3.38. The summed E-state index contributed by atoms with van der Waals surface area (Å²) in [5.74, 6) is 0. The summed E-state index contributed by atoms with van der Waals surface area (Å²) < 4.78 is 23.3. The fourth-order valence-corrected chi connectivity index (χ4v) is 4.24. The zero-order chi connectivity index (χ0) is 19.2. The molecule has 6 heteroatoms. The molecule has 0 saturated carbocycles. The molecule has 0 bridgehead atoms. The van der Waals surface area contributed by atoms with Crippen molar-refractivity contribution in [3.05, 3.63) is 54.4 Å². The minimum Gasteiger partial charge on any atom is -0.598 e. The van der Waals surface area contributed by atoms with Gasteiger partial charge in [0.1, 0.15) is 10.3 Å². The van der Waals surface area contributed by atoms with Crippen LogP contribution in [0.4, 0.5) is 0 Å². The van der Waals surface area contributed by atoms with Crippen molar-refractivity contribution in [1.29, 1.82) is 0 Å². The van der Waals surface area contributed by atoms with Crippen molar-refractivity contribution < 1.29 is 9.29 Å². The molecular formula is C21H25N3O2S. The molecular weight excluding hydrogens is 358 g/mol. The minimum atomic E-state index is -1.19. The Morgan fingerprint density at radius 2 is 1.93 bits per heavy atom. The minimum absolute atomic E-state index is 0.348. The molecule has 1 aromatic heterocycles. The molecule has 1 aliphatic rings. The van der Waals surface area contributed by atoms with Crippen LogP contribution < -0.4 is 4.72 Å². The van der Waals surface area contributed by atoms with Crippen molar-refractivity contribution in [1.82, 2.24) is 14.5 Å². The summed E-state index contributed by atoms with van der Waals surface area (Å²) in [5, 5.41) is 6.62. The van der Waals surface area contributed by atoms with Gasteiger partial charge < -0.3 is 9.29 Å². The molecule has 1 aliphatic heterocycles. The van der Waals surface area contributed by atoms with Crippen LogP contribution in [0.5, 0.6) is 0 Å². The topological polar surface area (TPSA) is 62.1 Å². The highest BCUT2D eigenvalue weighted by molar-refractivity contribution is 7.90. The lowest BCUT2D eigenvalue weighted by Crippen LogP contribution is -2.61. The van der Waals surface area contributed by atoms with Crippen LogP contribution in [0.25, 0.3) is 21.9 Å². The number of fused-ring (bicyclic) bond motifs is 1. The lowest BCUT2D eigenvalue weighted by Gasteiger charge is -2.44. The standard InChI is InChI=1S/C21H25N3O2S/c1-20(2,3)27(25)23-21(13-26-14-21)19-10-16(17-11-22-24(4)12-17)9-15-7-5-6-8-18(15)19/h5-12,23H,13-14H2,1-4H3. The Bertz CT molecular complexity index is 973. The van der Waals surface area contributed by atoms with Gasteiger partial charge in [-0.15, -0.1) is 4.72 Å². The van der Waals surface area contributed by atoms with Crippen LogP contribution in [-0.2, 0) is 28.7 Å². The molecule has 0 aliphatic carbocycles.